The summed E-state index contributed by atoms with van der Waals surface area (Å²) in [5.41, 5.74) is 6.98. The van der Waals surface area contributed by atoms with E-state index in [1.807, 2.05) is 37.2 Å². The molecule has 8 heteroatoms. The second-order valence-corrected chi connectivity index (χ2v) is 6.56. The summed E-state index contributed by atoms with van der Waals surface area (Å²) in [4.78, 5) is 17.2. The lowest BCUT2D eigenvalue weighted by atomic mass is 10.3. The first-order chi connectivity index (χ1) is 9.92. The molecule has 0 aliphatic heterocycles. The zero-order chi connectivity index (χ0) is 15.8. The number of pyridine rings is 1. The van der Waals surface area contributed by atoms with E-state index in [2.05, 4.69) is 4.98 Å². The van der Waals surface area contributed by atoms with E-state index in [1.165, 1.54) is 23.5 Å². The molecule has 0 fully saturated rings. The molecule has 1 unspecified atom stereocenters. The molecule has 0 radical (unpaired) electrons. The van der Waals surface area contributed by atoms with E-state index in [4.69, 9.17) is 5.73 Å². The molecule has 6 nitrogen and oxygen atoms in total. The van der Waals surface area contributed by atoms with Crippen molar-refractivity contribution in [2.24, 2.45) is 5.73 Å². The van der Waals surface area contributed by atoms with Crippen LogP contribution in [0.15, 0.2) is 34.3 Å². The lowest BCUT2D eigenvalue weighted by molar-refractivity contribution is -0.403. The molecule has 0 bridgehead atoms. The summed E-state index contributed by atoms with van der Waals surface area (Å²) in [6, 6.07) is 5.49. The molecular weight excluding hydrogens is 308 g/mol. The van der Waals surface area contributed by atoms with Crippen molar-refractivity contribution in [1.82, 2.24) is 9.88 Å². The molecule has 0 spiro atoms. The quantitative estimate of drug-likeness (QED) is 0.444. The molecule has 0 amide bonds. The third-order valence-corrected chi connectivity index (χ3v) is 4.43. The summed E-state index contributed by atoms with van der Waals surface area (Å²) in [7, 11) is 3.98. The maximum absolute atomic E-state index is 10.5. The minimum Gasteiger partial charge on any atom is -0.323 e. The van der Waals surface area contributed by atoms with E-state index in [9.17, 15) is 10.1 Å². The maximum atomic E-state index is 10.5. The largest absolute Gasteiger partial charge is 0.323 e. The highest BCUT2D eigenvalue weighted by Crippen LogP contribution is 2.22. The molecule has 1 atom stereocenters. The standard InChI is InChI=1S/C13H20N4O2S2/c1-16(2)7-10-5-4-6-13(15-10)21-9-11(14)12(20-3)8-17(18)19/h4-6,8,11H,7,9,14H2,1-3H3. The van der Waals surface area contributed by atoms with E-state index < -0.39 is 4.92 Å². The Bertz CT molecular complexity index is 509. The Balaban J connectivity index is 2.64. The van der Waals surface area contributed by atoms with Gasteiger partial charge in [0.05, 0.1) is 26.6 Å². The summed E-state index contributed by atoms with van der Waals surface area (Å²) in [5, 5.41) is 11.4. The van der Waals surface area contributed by atoms with Crippen LogP contribution >= 0.6 is 23.5 Å². The van der Waals surface area contributed by atoms with E-state index >= 15 is 0 Å². The molecular formula is C13H20N4O2S2. The fourth-order valence-electron chi connectivity index (χ4n) is 1.61. The summed E-state index contributed by atoms with van der Waals surface area (Å²) in [5.74, 6) is 0.554. The Morgan fingerprint density at radius 1 is 1.57 bits per heavy atom. The number of nitrogens with two attached hydrogens (primary N) is 1. The van der Waals surface area contributed by atoms with E-state index in [0.717, 1.165) is 23.5 Å². The minimum absolute atomic E-state index is 0.366. The van der Waals surface area contributed by atoms with Crippen LogP contribution < -0.4 is 5.73 Å². The summed E-state index contributed by atoms with van der Waals surface area (Å²) >= 11 is 2.82. The van der Waals surface area contributed by atoms with Crippen LogP contribution in [0.1, 0.15) is 5.69 Å². The smallest absolute Gasteiger partial charge is 0.245 e. The number of nitro groups is 1. The van der Waals surface area contributed by atoms with Gasteiger partial charge in [-0.15, -0.1) is 23.5 Å². The van der Waals surface area contributed by atoms with Crippen LogP contribution in [0.5, 0.6) is 0 Å². The molecule has 21 heavy (non-hydrogen) atoms. The van der Waals surface area contributed by atoms with Crippen LogP contribution in [-0.4, -0.2) is 47.0 Å². The second kappa shape index (κ2) is 9.04. The van der Waals surface area contributed by atoms with Gasteiger partial charge in [0.2, 0.25) is 6.20 Å². The summed E-state index contributed by atoms with van der Waals surface area (Å²) < 4.78 is 0. The van der Waals surface area contributed by atoms with Crippen LogP contribution in [0.25, 0.3) is 0 Å². The Hall–Kier alpha value is -1.09. The predicted octanol–water partition coefficient (Wildman–Crippen LogP) is 2.04. The molecule has 1 aromatic heterocycles. The van der Waals surface area contributed by atoms with Gasteiger partial charge < -0.3 is 10.6 Å². The first kappa shape index (κ1) is 18.0. The molecule has 0 aliphatic rings. The molecule has 0 saturated heterocycles. The van der Waals surface area contributed by atoms with Crippen molar-refractivity contribution >= 4 is 23.5 Å². The van der Waals surface area contributed by atoms with Crippen molar-refractivity contribution in [3.8, 4) is 0 Å². The molecule has 0 saturated carbocycles. The van der Waals surface area contributed by atoms with Gasteiger partial charge in [-0.3, -0.25) is 10.1 Å². The van der Waals surface area contributed by atoms with Crippen LogP contribution in [0.3, 0.4) is 0 Å². The Morgan fingerprint density at radius 3 is 2.86 bits per heavy atom. The zero-order valence-corrected chi connectivity index (χ0v) is 14.0. The Morgan fingerprint density at radius 2 is 2.29 bits per heavy atom. The van der Waals surface area contributed by atoms with Crippen molar-refractivity contribution in [3.05, 3.63) is 45.1 Å². The van der Waals surface area contributed by atoms with Crippen molar-refractivity contribution in [2.75, 3.05) is 26.1 Å². The van der Waals surface area contributed by atoms with Crippen molar-refractivity contribution < 1.29 is 4.92 Å². The SMILES string of the molecule is CSC(=C[N+](=O)[O-])C(N)CSc1cccc(CN(C)C)n1. The monoisotopic (exact) mass is 328 g/mol. The van der Waals surface area contributed by atoms with Crippen LogP contribution in [0.4, 0.5) is 0 Å². The number of nitrogens with zero attached hydrogens (tertiary/aromatic N) is 3. The number of hydrogen-bond acceptors (Lipinski definition) is 7. The van der Waals surface area contributed by atoms with E-state index in [0.29, 0.717) is 10.7 Å². The molecule has 0 aliphatic carbocycles. The zero-order valence-electron chi connectivity index (χ0n) is 12.4. The van der Waals surface area contributed by atoms with Gasteiger partial charge in [0.1, 0.15) is 0 Å². The molecule has 1 heterocycles. The predicted molar refractivity (Wildman–Crippen MR) is 88.9 cm³/mol. The van der Waals surface area contributed by atoms with Crippen LogP contribution in [0, 0.1) is 10.1 Å². The van der Waals surface area contributed by atoms with Gasteiger partial charge in [0, 0.05) is 12.3 Å². The van der Waals surface area contributed by atoms with Gasteiger partial charge in [0.25, 0.3) is 0 Å². The van der Waals surface area contributed by atoms with Gasteiger partial charge in [-0.1, -0.05) is 6.07 Å². The molecule has 116 valence electrons. The van der Waals surface area contributed by atoms with Gasteiger partial charge in [-0.05, 0) is 32.5 Å². The van der Waals surface area contributed by atoms with Gasteiger partial charge in [-0.2, -0.15) is 0 Å². The third kappa shape index (κ3) is 6.94. The lowest BCUT2D eigenvalue weighted by Gasteiger charge is -2.12. The first-order valence-electron chi connectivity index (χ1n) is 6.30. The molecule has 2 N–H and O–H groups in total. The fourth-order valence-corrected chi connectivity index (χ4v) is 3.18. The fraction of sp³-hybridized carbons (Fsp3) is 0.462. The molecule has 1 aromatic rings. The average molecular weight is 328 g/mol. The van der Waals surface area contributed by atoms with Crippen LogP contribution in [-0.2, 0) is 6.54 Å². The van der Waals surface area contributed by atoms with Crippen molar-refractivity contribution in [1.29, 1.82) is 0 Å². The highest BCUT2D eigenvalue weighted by Gasteiger charge is 2.13. The van der Waals surface area contributed by atoms with E-state index in [-0.39, 0.29) is 6.04 Å². The van der Waals surface area contributed by atoms with Gasteiger partial charge in [0.15, 0.2) is 0 Å². The van der Waals surface area contributed by atoms with Crippen LogP contribution in [0.2, 0.25) is 0 Å². The number of thioether (sulfide) groups is 2. The number of hydrogen-bond donors (Lipinski definition) is 1. The average Bonchev–Trinajstić information content (AvgIpc) is 2.41. The molecule has 1 rings (SSSR count). The lowest BCUT2D eigenvalue weighted by Crippen LogP contribution is -2.24. The highest BCUT2D eigenvalue weighted by atomic mass is 32.2. The Kier molecular flexibility index (Phi) is 7.73. The summed E-state index contributed by atoms with van der Waals surface area (Å²) in [6.45, 7) is 0.776. The molecule has 0 aromatic carbocycles. The first-order valence-corrected chi connectivity index (χ1v) is 8.51. The normalized spacial score (nSPS) is 13.5. The Labute approximate surface area is 133 Å². The third-order valence-electron chi connectivity index (χ3n) is 2.50. The van der Waals surface area contributed by atoms with Gasteiger partial charge in [-0.25, -0.2) is 4.98 Å². The number of aromatic nitrogens is 1. The van der Waals surface area contributed by atoms with Crippen molar-refractivity contribution in [2.45, 2.75) is 17.6 Å². The summed E-state index contributed by atoms with van der Waals surface area (Å²) in [6.07, 6.45) is 2.77. The maximum Gasteiger partial charge on any atom is 0.245 e. The van der Waals surface area contributed by atoms with E-state index in [1.54, 1.807) is 6.26 Å². The highest BCUT2D eigenvalue weighted by molar-refractivity contribution is 8.02. The van der Waals surface area contributed by atoms with Crippen molar-refractivity contribution in [3.63, 3.8) is 0 Å². The number of rotatable bonds is 8. The second-order valence-electron chi connectivity index (χ2n) is 4.64. The topological polar surface area (TPSA) is 85.3 Å². The van der Waals surface area contributed by atoms with Gasteiger partial charge >= 0.3 is 0 Å². The minimum atomic E-state index is -0.466.